The van der Waals surface area contributed by atoms with Gasteiger partial charge in [0.2, 0.25) is 0 Å². The van der Waals surface area contributed by atoms with E-state index in [1.54, 1.807) is 13.1 Å². The van der Waals surface area contributed by atoms with E-state index >= 15 is 0 Å². The Morgan fingerprint density at radius 3 is 2.33 bits per heavy atom. The maximum absolute atomic E-state index is 11.5. The lowest BCUT2D eigenvalue weighted by molar-refractivity contribution is -0.153. The van der Waals surface area contributed by atoms with Gasteiger partial charge in [0.05, 0.1) is 6.42 Å². The van der Waals surface area contributed by atoms with Gasteiger partial charge in [0.1, 0.15) is 10.8 Å². The van der Waals surface area contributed by atoms with Crippen molar-refractivity contribution in [3.8, 4) is 0 Å². The lowest BCUT2D eigenvalue weighted by atomic mass is 10.1. The van der Waals surface area contributed by atoms with E-state index < -0.39 is 5.60 Å². The highest BCUT2D eigenvalue weighted by Gasteiger charge is 2.18. The van der Waals surface area contributed by atoms with Crippen molar-refractivity contribution in [2.45, 2.75) is 39.7 Å². The first-order valence-corrected chi connectivity index (χ1v) is 5.17. The van der Waals surface area contributed by atoms with Gasteiger partial charge in [0.25, 0.3) is 0 Å². The summed E-state index contributed by atoms with van der Waals surface area (Å²) in [6.45, 7) is 7.30. The van der Waals surface area contributed by atoms with E-state index in [4.69, 9.17) is 16.3 Å². The number of halogens is 1. The normalized spacial score (nSPS) is 14.0. The third-order valence-corrected chi connectivity index (χ3v) is 1.98. The molecule has 0 saturated heterocycles. The van der Waals surface area contributed by atoms with Gasteiger partial charge in [-0.15, -0.1) is 0 Å². The van der Waals surface area contributed by atoms with E-state index in [-0.39, 0.29) is 12.4 Å². The summed E-state index contributed by atoms with van der Waals surface area (Å²) >= 11 is 5.82. The molecule has 0 heterocycles. The standard InChI is InChI=1S/C11H18ClNO2/c1-6-8(10(12)13-5)7-9(14)15-11(2,3)4/h6H,7H2,1-5H3. The molecule has 3 nitrogen and oxygen atoms in total. The fraction of sp³-hybridized carbons (Fsp3) is 0.636. The summed E-state index contributed by atoms with van der Waals surface area (Å²) in [7, 11) is 1.58. The number of rotatable bonds is 3. The molecule has 0 bridgehead atoms. The van der Waals surface area contributed by atoms with Crippen LogP contribution in [0.4, 0.5) is 0 Å². The molecule has 15 heavy (non-hydrogen) atoms. The Balaban J connectivity index is 4.41. The van der Waals surface area contributed by atoms with Gasteiger partial charge in [0.15, 0.2) is 0 Å². The van der Waals surface area contributed by atoms with Crippen LogP contribution < -0.4 is 0 Å². The molecule has 0 radical (unpaired) electrons. The molecule has 0 rings (SSSR count). The Morgan fingerprint density at radius 2 is 2.00 bits per heavy atom. The van der Waals surface area contributed by atoms with Crippen LogP contribution in [0.5, 0.6) is 0 Å². The minimum absolute atomic E-state index is 0.157. The number of esters is 1. The molecular formula is C11H18ClNO2. The first-order chi connectivity index (χ1) is 6.80. The van der Waals surface area contributed by atoms with Crippen LogP contribution in [0.15, 0.2) is 16.6 Å². The maximum Gasteiger partial charge on any atom is 0.310 e. The number of aliphatic imine (C=N–C) groups is 1. The molecule has 0 aliphatic carbocycles. The number of allylic oxidation sites excluding steroid dienone is 1. The second-order valence-corrected chi connectivity index (χ2v) is 4.45. The second-order valence-electron chi connectivity index (χ2n) is 4.09. The van der Waals surface area contributed by atoms with Crippen molar-refractivity contribution in [1.29, 1.82) is 0 Å². The smallest absolute Gasteiger partial charge is 0.310 e. The molecule has 0 aliphatic rings. The van der Waals surface area contributed by atoms with Crippen molar-refractivity contribution in [1.82, 2.24) is 0 Å². The fourth-order valence-electron chi connectivity index (χ4n) is 0.971. The summed E-state index contributed by atoms with van der Waals surface area (Å²) in [5.41, 5.74) is 0.222. The quantitative estimate of drug-likeness (QED) is 0.553. The van der Waals surface area contributed by atoms with Gasteiger partial charge in [-0.1, -0.05) is 17.7 Å². The maximum atomic E-state index is 11.5. The molecule has 0 aliphatic heterocycles. The lowest BCUT2D eigenvalue weighted by Crippen LogP contribution is -2.24. The number of nitrogens with zero attached hydrogens (tertiary/aromatic N) is 1. The molecular weight excluding hydrogens is 214 g/mol. The first-order valence-electron chi connectivity index (χ1n) is 4.80. The molecule has 86 valence electrons. The molecule has 0 unspecified atom stereocenters. The van der Waals surface area contributed by atoms with E-state index in [9.17, 15) is 4.79 Å². The van der Waals surface area contributed by atoms with Crippen molar-refractivity contribution >= 4 is 22.7 Å². The van der Waals surface area contributed by atoms with E-state index in [1.165, 1.54) is 0 Å². The van der Waals surface area contributed by atoms with Gasteiger partial charge < -0.3 is 4.74 Å². The van der Waals surface area contributed by atoms with Crippen LogP contribution in [-0.2, 0) is 9.53 Å². The number of carbonyl (C=O) groups excluding carboxylic acids is 1. The van der Waals surface area contributed by atoms with Gasteiger partial charge >= 0.3 is 5.97 Å². The van der Waals surface area contributed by atoms with Crippen LogP contribution in [0.1, 0.15) is 34.1 Å². The highest BCUT2D eigenvalue weighted by atomic mass is 35.5. The van der Waals surface area contributed by atoms with Gasteiger partial charge in [-0.25, -0.2) is 0 Å². The topological polar surface area (TPSA) is 38.7 Å². The Kier molecular flexibility index (Phi) is 5.58. The van der Waals surface area contributed by atoms with Crippen LogP contribution in [0, 0.1) is 0 Å². The number of hydrogen-bond donors (Lipinski definition) is 0. The molecule has 0 atom stereocenters. The zero-order valence-electron chi connectivity index (χ0n) is 9.93. The minimum atomic E-state index is -0.466. The van der Waals surface area contributed by atoms with Crippen LogP contribution in [-0.4, -0.2) is 23.8 Å². The summed E-state index contributed by atoms with van der Waals surface area (Å²) in [6.07, 6.45) is 1.92. The molecule has 0 aromatic rings. The Labute approximate surface area is 96.2 Å². The molecule has 0 fully saturated rings. The first kappa shape index (κ1) is 14.2. The molecule has 0 aromatic heterocycles. The van der Waals surface area contributed by atoms with E-state index in [2.05, 4.69) is 4.99 Å². The Hall–Kier alpha value is -0.830. The summed E-state index contributed by atoms with van der Waals surface area (Å²) in [6, 6.07) is 0. The monoisotopic (exact) mass is 231 g/mol. The van der Waals surface area contributed by atoms with Crippen molar-refractivity contribution in [2.75, 3.05) is 7.05 Å². The largest absolute Gasteiger partial charge is 0.460 e. The summed E-state index contributed by atoms with van der Waals surface area (Å²) < 4.78 is 5.17. The highest BCUT2D eigenvalue weighted by Crippen LogP contribution is 2.13. The molecule has 0 amide bonds. The van der Waals surface area contributed by atoms with Gasteiger partial charge in [-0.05, 0) is 33.3 Å². The van der Waals surface area contributed by atoms with Crippen LogP contribution in [0.25, 0.3) is 0 Å². The zero-order valence-corrected chi connectivity index (χ0v) is 10.7. The van der Waals surface area contributed by atoms with Crippen LogP contribution >= 0.6 is 11.6 Å². The summed E-state index contributed by atoms with van der Waals surface area (Å²) in [5, 5.41) is 0.350. The minimum Gasteiger partial charge on any atom is -0.460 e. The summed E-state index contributed by atoms with van der Waals surface area (Å²) in [4.78, 5) is 15.3. The highest BCUT2D eigenvalue weighted by molar-refractivity contribution is 6.69. The molecule has 0 spiro atoms. The molecule has 0 N–H and O–H groups in total. The van der Waals surface area contributed by atoms with Crippen LogP contribution in [0.3, 0.4) is 0 Å². The third-order valence-electron chi connectivity index (χ3n) is 1.56. The van der Waals surface area contributed by atoms with E-state index in [0.717, 1.165) is 0 Å². The number of carbonyl (C=O) groups is 1. The van der Waals surface area contributed by atoms with Crippen molar-refractivity contribution in [3.05, 3.63) is 11.6 Å². The predicted octanol–water partition coefficient (Wildman–Crippen LogP) is 2.93. The number of hydrogen-bond acceptors (Lipinski definition) is 3. The molecule has 0 saturated carbocycles. The average Bonchev–Trinajstić information content (AvgIpc) is 2.10. The van der Waals surface area contributed by atoms with Crippen molar-refractivity contribution < 1.29 is 9.53 Å². The average molecular weight is 232 g/mol. The van der Waals surface area contributed by atoms with Crippen LogP contribution in [0.2, 0.25) is 0 Å². The van der Waals surface area contributed by atoms with Crippen molar-refractivity contribution in [2.24, 2.45) is 4.99 Å². The van der Waals surface area contributed by atoms with E-state index in [0.29, 0.717) is 10.7 Å². The van der Waals surface area contributed by atoms with Gasteiger partial charge in [0, 0.05) is 7.05 Å². The van der Waals surface area contributed by atoms with E-state index in [1.807, 2.05) is 27.7 Å². The third kappa shape index (κ3) is 6.28. The fourth-order valence-corrected chi connectivity index (χ4v) is 1.15. The second kappa shape index (κ2) is 5.91. The Morgan fingerprint density at radius 1 is 1.47 bits per heavy atom. The SMILES string of the molecule is CC=C(CC(=O)OC(C)(C)C)C(Cl)=NC. The van der Waals surface area contributed by atoms with Crippen molar-refractivity contribution in [3.63, 3.8) is 0 Å². The van der Waals surface area contributed by atoms with Gasteiger partial charge in [-0.2, -0.15) is 0 Å². The lowest BCUT2D eigenvalue weighted by Gasteiger charge is -2.19. The predicted molar refractivity (Wildman–Crippen MR) is 63.4 cm³/mol. The number of ether oxygens (including phenoxy) is 1. The van der Waals surface area contributed by atoms with Gasteiger partial charge in [-0.3, -0.25) is 9.79 Å². The zero-order chi connectivity index (χ0) is 12.1. The molecule has 0 aromatic carbocycles. The summed E-state index contributed by atoms with van der Waals surface area (Å²) in [5.74, 6) is -0.294. The Bertz CT molecular complexity index is 287. The molecule has 4 heteroatoms.